The van der Waals surface area contributed by atoms with E-state index < -0.39 is 15.8 Å². The van der Waals surface area contributed by atoms with Crippen LogP contribution in [0.25, 0.3) is 0 Å². The molecule has 1 heterocycles. The van der Waals surface area contributed by atoms with Crippen molar-refractivity contribution in [3.05, 3.63) is 65.5 Å². The highest BCUT2D eigenvalue weighted by molar-refractivity contribution is 7.92. The van der Waals surface area contributed by atoms with Gasteiger partial charge in [-0.3, -0.25) is 9.10 Å². The van der Waals surface area contributed by atoms with Gasteiger partial charge in [-0.1, -0.05) is 25.1 Å². The molecule has 2 aromatic rings. The van der Waals surface area contributed by atoms with Gasteiger partial charge in [-0.05, 0) is 49.1 Å². The fourth-order valence-corrected chi connectivity index (χ4v) is 4.39. The molecule has 0 N–H and O–H groups in total. The summed E-state index contributed by atoms with van der Waals surface area (Å²) < 4.78 is 39.7. The van der Waals surface area contributed by atoms with Crippen molar-refractivity contribution in [2.24, 2.45) is 5.92 Å². The lowest BCUT2D eigenvalue weighted by Gasteiger charge is -2.31. The highest BCUT2D eigenvalue weighted by Crippen LogP contribution is 2.24. The number of sulfonamides is 1. The van der Waals surface area contributed by atoms with Crippen LogP contribution in [-0.4, -0.2) is 38.6 Å². The van der Waals surface area contributed by atoms with E-state index in [1.807, 2.05) is 4.90 Å². The maximum Gasteiger partial charge on any atom is 0.253 e. The predicted molar refractivity (Wildman–Crippen MR) is 108 cm³/mol. The van der Waals surface area contributed by atoms with Gasteiger partial charge in [0.1, 0.15) is 5.82 Å². The number of hydrogen-bond acceptors (Lipinski definition) is 3. The summed E-state index contributed by atoms with van der Waals surface area (Å²) in [5, 5.41) is 0. The quantitative estimate of drug-likeness (QED) is 0.764. The maximum absolute atomic E-state index is 14.0. The zero-order chi connectivity index (χ0) is 20.3. The molecule has 150 valence electrons. The molecule has 0 saturated carbocycles. The first-order valence-corrected chi connectivity index (χ1v) is 11.2. The Hall–Kier alpha value is -2.41. The Morgan fingerprint density at radius 3 is 2.46 bits per heavy atom. The number of amides is 1. The molecule has 0 radical (unpaired) electrons. The predicted octanol–water partition coefficient (Wildman–Crippen LogP) is 3.66. The molecule has 1 atom stereocenters. The molecule has 0 aromatic heterocycles. The van der Waals surface area contributed by atoms with Crippen LogP contribution in [0.3, 0.4) is 0 Å². The minimum atomic E-state index is -3.62. The van der Waals surface area contributed by atoms with Crippen molar-refractivity contribution < 1.29 is 17.6 Å². The topological polar surface area (TPSA) is 57.7 Å². The van der Waals surface area contributed by atoms with E-state index >= 15 is 0 Å². The van der Waals surface area contributed by atoms with Gasteiger partial charge in [0.15, 0.2) is 0 Å². The van der Waals surface area contributed by atoms with Crippen LogP contribution in [0.15, 0.2) is 48.5 Å². The van der Waals surface area contributed by atoms with Crippen LogP contribution in [0.1, 0.15) is 35.7 Å². The molecule has 28 heavy (non-hydrogen) atoms. The molecule has 1 amide bonds. The number of benzene rings is 2. The minimum Gasteiger partial charge on any atom is -0.338 e. The smallest absolute Gasteiger partial charge is 0.253 e. The van der Waals surface area contributed by atoms with Crippen molar-refractivity contribution in [2.45, 2.75) is 26.3 Å². The average Bonchev–Trinajstić information content (AvgIpc) is 2.66. The monoisotopic (exact) mass is 404 g/mol. The zero-order valence-corrected chi connectivity index (χ0v) is 17.0. The molecule has 1 aliphatic heterocycles. The van der Waals surface area contributed by atoms with Crippen molar-refractivity contribution in [1.82, 2.24) is 4.90 Å². The highest BCUT2D eigenvalue weighted by atomic mass is 32.2. The van der Waals surface area contributed by atoms with E-state index in [1.54, 1.807) is 42.5 Å². The van der Waals surface area contributed by atoms with E-state index in [1.165, 1.54) is 6.07 Å². The Kier molecular flexibility index (Phi) is 6.03. The molecule has 1 saturated heterocycles. The molecular weight excluding hydrogens is 379 g/mol. The molecule has 7 heteroatoms. The van der Waals surface area contributed by atoms with Crippen molar-refractivity contribution >= 4 is 21.6 Å². The molecular formula is C21H25FN2O3S. The Morgan fingerprint density at radius 2 is 1.86 bits per heavy atom. The third-order valence-corrected chi connectivity index (χ3v) is 6.16. The van der Waals surface area contributed by atoms with Gasteiger partial charge < -0.3 is 4.90 Å². The molecule has 3 rings (SSSR count). The van der Waals surface area contributed by atoms with E-state index in [2.05, 4.69) is 6.92 Å². The van der Waals surface area contributed by atoms with Gasteiger partial charge in [0.2, 0.25) is 10.0 Å². The lowest BCUT2D eigenvalue weighted by Crippen LogP contribution is -2.39. The molecule has 0 aliphatic carbocycles. The van der Waals surface area contributed by atoms with Crippen LogP contribution in [0.2, 0.25) is 0 Å². The fourth-order valence-electron chi connectivity index (χ4n) is 3.51. The number of rotatable bonds is 5. The third-order valence-electron chi connectivity index (χ3n) is 5.02. The number of likely N-dealkylation sites (tertiary alicyclic amines) is 1. The lowest BCUT2D eigenvalue weighted by molar-refractivity contribution is 0.0683. The summed E-state index contributed by atoms with van der Waals surface area (Å²) in [6, 6.07) is 12.6. The lowest BCUT2D eigenvalue weighted by atomic mass is 9.99. The standard InChI is InChI=1S/C21H25FN2O3S/c1-16-6-5-13-23(14-16)21(25)17-9-11-19(12-10-17)24(28(2,26)27)15-18-7-3-4-8-20(18)22/h3-4,7-12,16H,5-6,13-15H2,1-2H3. The number of anilines is 1. The van der Waals surface area contributed by atoms with Crippen LogP contribution in [0.5, 0.6) is 0 Å². The first-order chi connectivity index (χ1) is 13.3. The Balaban J connectivity index is 1.82. The summed E-state index contributed by atoms with van der Waals surface area (Å²) in [6.07, 6.45) is 3.21. The van der Waals surface area contributed by atoms with Crippen molar-refractivity contribution in [3.63, 3.8) is 0 Å². The summed E-state index contributed by atoms with van der Waals surface area (Å²) in [6.45, 7) is 3.51. The molecule has 0 bridgehead atoms. The van der Waals surface area contributed by atoms with Gasteiger partial charge in [-0.15, -0.1) is 0 Å². The molecule has 0 spiro atoms. The van der Waals surface area contributed by atoms with Crippen LogP contribution < -0.4 is 4.31 Å². The Labute approximate surface area is 165 Å². The molecule has 1 unspecified atom stereocenters. The van der Waals surface area contributed by atoms with Gasteiger partial charge in [-0.25, -0.2) is 12.8 Å². The largest absolute Gasteiger partial charge is 0.338 e. The number of hydrogen-bond donors (Lipinski definition) is 0. The number of nitrogens with zero attached hydrogens (tertiary/aromatic N) is 2. The molecule has 5 nitrogen and oxygen atoms in total. The van der Waals surface area contributed by atoms with Crippen LogP contribution in [0.4, 0.5) is 10.1 Å². The van der Waals surface area contributed by atoms with Crippen molar-refractivity contribution in [1.29, 1.82) is 0 Å². The normalized spacial score (nSPS) is 17.4. The summed E-state index contributed by atoms with van der Waals surface area (Å²) in [5.41, 5.74) is 1.21. The number of halogens is 1. The van der Waals surface area contributed by atoms with E-state index in [-0.39, 0.29) is 18.0 Å². The third kappa shape index (κ3) is 4.70. The molecule has 1 aliphatic rings. The first-order valence-electron chi connectivity index (χ1n) is 9.36. The Bertz CT molecular complexity index is 944. The molecule has 1 fully saturated rings. The van der Waals surface area contributed by atoms with Gasteiger partial charge in [0.25, 0.3) is 5.91 Å². The van der Waals surface area contributed by atoms with Crippen LogP contribution >= 0.6 is 0 Å². The van der Waals surface area contributed by atoms with Gasteiger partial charge in [0.05, 0.1) is 18.5 Å². The van der Waals surface area contributed by atoms with Gasteiger partial charge >= 0.3 is 0 Å². The molecule has 2 aromatic carbocycles. The SMILES string of the molecule is CC1CCCN(C(=O)c2ccc(N(Cc3ccccc3F)S(C)(=O)=O)cc2)C1. The van der Waals surface area contributed by atoms with E-state index in [0.717, 1.165) is 36.5 Å². The second kappa shape index (κ2) is 8.31. The number of piperidine rings is 1. The fraction of sp³-hybridized carbons (Fsp3) is 0.381. The Morgan fingerprint density at radius 1 is 1.18 bits per heavy atom. The minimum absolute atomic E-state index is 0.0434. The number of carbonyl (C=O) groups excluding carboxylic acids is 1. The van der Waals surface area contributed by atoms with E-state index in [4.69, 9.17) is 0 Å². The summed E-state index contributed by atoms with van der Waals surface area (Å²) in [4.78, 5) is 14.5. The van der Waals surface area contributed by atoms with Crippen molar-refractivity contribution in [2.75, 3.05) is 23.7 Å². The van der Waals surface area contributed by atoms with Crippen molar-refractivity contribution in [3.8, 4) is 0 Å². The average molecular weight is 405 g/mol. The van der Waals surface area contributed by atoms with Crippen LogP contribution in [-0.2, 0) is 16.6 Å². The summed E-state index contributed by atoms with van der Waals surface area (Å²) in [7, 11) is -3.62. The second-order valence-electron chi connectivity index (χ2n) is 7.41. The maximum atomic E-state index is 14.0. The summed E-state index contributed by atoms with van der Waals surface area (Å²) >= 11 is 0. The van der Waals surface area contributed by atoms with Gasteiger partial charge in [-0.2, -0.15) is 0 Å². The zero-order valence-electron chi connectivity index (χ0n) is 16.1. The number of carbonyl (C=O) groups is 1. The first kappa shape index (κ1) is 20.3. The van der Waals surface area contributed by atoms with Gasteiger partial charge in [0, 0.05) is 24.2 Å². The van der Waals surface area contributed by atoms with E-state index in [0.29, 0.717) is 17.2 Å². The summed E-state index contributed by atoms with van der Waals surface area (Å²) in [5.74, 6) is -0.0151. The second-order valence-corrected chi connectivity index (χ2v) is 9.31. The van der Waals surface area contributed by atoms with E-state index in [9.17, 15) is 17.6 Å². The van der Waals surface area contributed by atoms with Crippen LogP contribution in [0, 0.1) is 11.7 Å². The highest BCUT2D eigenvalue weighted by Gasteiger charge is 2.23.